The molecule has 4 amide bonds. The Morgan fingerprint density at radius 1 is 0.840 bits per heavy atom. The Balaban J connectivity index is 1.55. The van der Waals surface area contributed by atoms with Crippen molar-refractivity contribution in [1.82, 2.24) is 9.80 Å². The maximum absolute atomic E-state index is 12.4. The second kappa shape index (κ2) is 7.70. The molecule has 3 rings (SSSR count). The molecular weight excluding hydrogens is 316 g/mol. The van der Waals surface area contributed by atoms with Crippen LogP contribution >= 0.6 is 0 Å². The number of urea groups is 2. The van der Waals surface area contributed by atoms with Gasteiger partial charge in [-0.3, -0.25) is 0 Å². The van der Waals surface area contributed by atoms with Crippen LogP contribution in [0.15, 0.2) is 60.7 Å². The van der Waals surface area contributed by atoms with E-state index in [0.717, 1.165) is 11.4 Å². The molecule has 6 nitrogen and oxygen atoms in total. The Morgan fingerprint density at radius 2 is 1.36 bits per heavy atom. The molecule has 1 saturated heterocycles. The standard InChI is InChI=1S/C19H22N4O2/c1-15-14-22(18(24)20-16-8-4-2-5-9-16)12-13-23(15)19(25)21-17-10-6-3-7-11-17/h2-11,15H,12-14H2,1H3,(H,20,24)(H,21,25)/t15-/m1/s1. The van der Waals surface area contributed by atoms with Crippen LogP contribution in [-0.4, -0.2) is 47.5 Å². The molecule has 130 valence electrons. The van der Waals surface area contributed by atoms with Crippen LogP contribution in [0.2, 0.25) is 0 Å². The number of carbonyl (C=O) groups is 2. The fraction of sp³-hybridized carbons (Fsp3) is 0.263. The topological polar surface area (TPSA) is 64.7 Å². The van der Waals surface area contributed by atoms with Gasteiger partial charge in [0.2, 0.25) is 0 Å². The third-order valence-electron chi connectivity index (χ3n) is 4.23. The lowest BCUT2D eigenvalue weighted by Gasteiger charge is -2.39. The number of nitrogens with zero attached hydrogens (tertiary/aromatic N) is 2. The monoisotopic (exact) mass is 338 g/mol. The normalized spacial score (nSPS) is 17.1. The first-order valence-electron chi connectivity index (χ1n) is 8.37. The lowest BCUT2D eigenvalue weighted by atomic mass is 10.2. The summed E-state index contributed by atoms with van der Waals surface area (Å²) in [7, 11) is 0. The zero-order valence-corrected chi connectivity index (χ0v) is 14.2. The van der Waals surface area contributed by atoms with Gasteiger partial charge in [-0.1, -0.05) is 36.4 Å². The zero-order valence-electron chi connectivity index (χ0n) is 14.2. The summed E-state index contributed by atoms with van der Waals surface area (Å²) in [5.41, 5.74) is 1.54. The Labute approximate surface area is 147 Å². The fourth-order valence-electron chi connectivity index (χ4n) is 2.88. The molecule has 1 heterocycles. The van der Waals surface area contributed by atoms with Crippen LogP contribution in [0.3, 0.4) is 0 Å². The second-order valence-electron chi connectivity index (χ2n) is 6.08. The maximum atomic E-state index is 12.4. The highest BCUT2D eigenvalue weighted by atomic mass is 16.2. The first-order valence-corrected chi connectivity index (χ1v) is 8.37. The molecule has 1 atom stereocenters. The fourth-order valence-corrected chi connectivity index (χ4v) is 2.88. The van der Waals surface area contributed by atoms with Gasteiger partial charge in [-0.05, 0) is 31.2 Å². The van der Waals surface area contributed by atoms with Gasteiger partial charge in [0.05, 0.1) is 0 Å². The predicted octanol–water partition coefficient (Wildman–Crippen LogP) is 3.46. The summed E-state index contributed by atoms with van der Waals surface area (Å²) in [5, 5.41) is 5.78. The van der Waals surface area contributed by atoms with Crippen LogP contribution in [0.1, 0.15) is 6.92 Å². The molecule has 0 saturated carbocycles. The van der Waals surface area contributed by atoms with Gasteiger partial charge in [-0.15, -0.1) is 0 Å². The Bertz CT molecular complexity index is 721. The van der Waals surface area contributed by atoms with Crippen LogP contribution in [-0.2, 0) is 0 Å². The van der Waals surface area contributed by atoms with Crippen LogP contribution in [0.4, 0.5) is 21.0 Å². The average molecular weight is 338 g/mol. The number of nitrogens with one attached hydrogen (secondary N) is 2. The summed E-state index contributed by atoms with van der Waals surface area (Å²) in [6.45, 7) is 3.46. The van der Waals surface area contributed by atoms with Crippen molar-refractivity contribution in [3.05, 3.63) is 60.7 Å². The number of para-hydroxylation sites is 2. The van der Waals surface area contributed by atoms with Crippen molar-refractivity contribution in [3.63, 3.8) is 0 Å². The minimum atomic E-state index is -0.138. The van der Waals surface area contributed by atoms with E-state index >= 15 is 0 Å². The van der Waals surface area contributed by atoms with E-state index < -0.39 is 0 Å². The van der Waals surface area contributed by atoms with Crippen molar-refractivity contribution < 1.29 is 9.59 Å². The van der Waals surface area contributed by atoms with E-state index in [2.05, 4.69) is 10.6 Å². The van der Waals surface area contributed by atoms with Crippen molar-refractivity contribution in [1.29, 1.82) is 0 Å². The molecule has 0 radical (unpaired) electrons. The third-order valence-corrected chi connectivity index (χ3v) is 4.23. The van der Waals surface area contributed by atoms with Crippen molar-refractivity contribution >= 4 is 23.4 Å². The lowest BCUT2D eigenvalue weighted by molar-refractivity contribution is 0.124. The van der Waals surface area contributed by atoms with Crippen molar-refractivity contribution in [2.45, 2.75) is 13.0 Å². The highest BCUT2D eigenvalue weighted by Gasteiger charge is 2.29. The Kier molecular flexibility index (Phi) is 5.18. The van der Waals surface area contributed by atoms with Gasteiger partial charge in [0, 0.05) is 37.1 Å². The average Bonchev–Trinajstić information content (AvgIpc) is 2.63. The number of rotatable bonds is 2. The SMILES string of the molecule is C[C@@H]1CN(C(=O)Nc2ccccc2)CCN1C(=O)Nc1ccccc1. The number of benzene rings is 2. The van der Waals surface area contributed by atoms with Crippen molar-refractivity contribution in [3.8, 4) is 0 Å². The zero-order chi connectivity index (χ0) is 17.6. The number of anilines is 2. The maximum Gasteiger partial charge on any atom is 0.322 e. The molecule has 1 aliphatic heterocycles. The summed E-state index contributed by atoms with van der Waals surface area (Å²) in [5.74, 6) is 0. The van der Waals surface area contributed by atoms with Crippen molar-refractivity contribution in [2.24, 2.45) is 0 Å². The minimum absolute atomic E-state index is 0.0565. The number of amides is 4. The van der Waals surface area contributed by atoms with E-state index in [0.29, 0.717) is 19.6 Å². The molecule has 0 spiro atoms. The Hall–Kier alpha value is -3.02. The first kappa shape index (κ1) is 16.8. The van der Waals surface area contributed by atoms with E-state index in [1.807, 2.05) is 67.6 Å². The molecular formula is C19H22N4O2. The largest absolute Gasteiger partial charge is 0.322 e. The number of piperazine rings is 1. The van der Waals surface area contributed by atoms with E-state index in [1.54, 1.807) is 9.80 Å². The van der Waals surface area contributed by atoms with Crippen LogP contribution in [0.25, 0.3) is 0 Å². The van der Waals surface area contributed by atoms with Gasteiger partial charge in [0.1, 0.15) is 0 Å². The van der Waals surface area contributed by atoms with Gasteiger partial charge in [0.15, 0.2) is 0 Å². The number of hydrogen-bond donors (Lipinski definition) is 2. The van der Waals surface area contributed by atoms with Gasteiger partial charge in [-0.25, -0.2) is 9.59 Å². The quantitative estimate of drug-likeness (QED) is 0.881. The summed E-state index contributed by atoms with van der Waals surface area (Å²) < 4.78 is 0. The van der Waals surface area contributed by atoms with Gasteiger partial charge >= 0.3 is 12.1 Å². The van der Waals surface area contributed by atoms with E-state index in [1.165, 1.54) is 0 Å². The van der Waals surface area contributed by atoms with Gasteiger partial charge in [-0.2, -0.15) is 0 Å². The predicted molar refractivity (Wildman–Crippen MR) is 98.7 cm³/mol. The molecule has 2 N–H and O–H groups in total. The van der Waals surface area contributed by atoms with E-state index in [4.69, 9.17) is 0 Å². The van der Waals surface area contributed by atoms with Gasteiger partial charge in [0.25, 0.3) is 0 Å². The molecule has 1 fully saturated rings. The smallest absolute Gasteiger partial charge is 0.321 e. The first-order chi connectivity index (χ1) is 12.1. The highest BCUT2D eigenvalue weighted by Crippen LogP contribution is 2.15. The number of hydrogen-bond acceptors (Lipinski definition) is 2. The van der Waals surface area contributed by atoms with Crippen LogP contribution < -0.4 is 10.6 Å². The van der Waals surface area contributed by atoms with Crippen molar-refractivity contribution in [2.75, 3.05) is 30.3 Å². The Morgan fingerprint density at radius 3 is 1.88 bits per heavy atom. The molecule has 25 heavy (non-hydrogen) atoms. The highest BCUT2D eigenvalue weighted by molar-refractivity contribution is 5.91. The third kappa shape index (κ3) is 4.29. The molecule has 2 aromatic carbocycles. The molecule has 6 heteroatoms. The molecule has 0 aromatic heterocycles. The molecule has 0 unspecified atom stereocenters. The molecule has 0 bridgehead atoms. The lowest BCUT2D eigenvalue weighted by Crippen LogP contribution is -2.57. The summed E-state index contributed by atoms with van der Waals surface area (Å²) in [6.07, 6.45) is 0. The van der Waals surface area contributed by atoms with E-state index in [-0.39, 0.29) is 18.1 Å². The molecule has 1 aliphatic rings. The van der Waals surface area contributed by atoms with Gasteiger partial charge < -0.3 is 20.4 Å². The summed E-state index contributed by atoms with van der Waals surface area (Å²) in [6, 6.07) is 18.4. The van der Waals surface area contributed by atoms with Crippen LogP contribution in [0.5, 0.6) is 0 Å². The second-order valence-corrected chi connectivity index (χ2v) is 6.08. The molecule has 2 aromatic rings. The minimum Gasteiger partial charge on any atom is -0.321 e. The van der Waals surface area contributed by atoms with E-state index in [9.17, 15) is 9.59 Å². The van der Waals surface area contributed by atoms with Crippen LogP contribution in [0, 0.1) is 0 Å². The summed E-state index contributed by atoms with van der Waals surface area (Å²) in [4.78, 5) is 28.3. The molecule has 0 aliphatic carbocycles. The summed E-state index contributed by atoms with van der Waals surface area (Å²) >= 11 is 0. The number of carbonyl (C=O) groups excluding carboxylic acids is 2.